The Bertz CT molecular complexity index is 540. The van der Waals surface area contributed by atoms with Crippen LogP contribution in [0.4, 0.5) is 4.39 Å². The minimum atomic E-state index is -0.419. The number of piperazine rings is 1. The molecule has 5 nitrogen and oxygen atoms in total. The standard InChI is InChI=1S/C15H19FN2O3/c1-11-3-4-12(16)9-13(11)15(20)18-7-5-17(6-8-18)14(19)10-21-2/h3-4,9H,5-8,10H2,1-2H3. The molecule has 114 valence electrons. The van der Waals surface area contributed by atoms with Crippen molar-refractivity contribution < 1.29 is 18.7 Å². The van der Waals surface area contributed by atoms with Gasteiger partial charge in [0.05, 0.1) is 0 Å². The van der Waals surface area contributed by atoms with E-state index in [4.69, 9.17) is 4.74 Å². The number of methoxy groups -OCH3 is 1. The van der Waals surface area contributed by atoms with Gasteiger partial charge < -0.3 is 14.5 Å². The fraction of sp³-hybridized carbons (Fsp3) is 0.467. The van der Waals surface area contributed by atoms with Crippen molar-refractivity contribution in [2.24, 2.45) is 0 Å². The van der Waals surface area contributed by atoms with Crippen LogP contribution in [0.3, 0.4) is 0 Å². The summed E-state index contributed by atoms with van der Waals surface area (Å²) in [6.45, 7) is 3.68. The number of halogens is 1. The maximum atomic E-state index is 13.3. The van der Waals surface area contributed by atoms with Crippen LogP contribution in [0.2, 0.25) is 0 Å². The van der Waals surface area contributed by atoms with Crippen LogP contribution in [-0.2, 0) is 9.53 Å². The maximum Gasteiger partial charge on any atom is 0.254 e. The van der Waals surface area contributed by atoms with Crippen molar-refractivity contribution in [1.29, 1.82) is 0 Å². The molecular formula is C15H19FN2O3. The second kappa shape index (κ2) is 6.67. The Balaban J connectivity index is 2.00. The van der Waals surface area contributed by atoms with Crippen LogP contribution in [0.1, 0.15) is 15.9 Å². The molecule has 2 rings (SSSR count). The number of carbonyl (C=O) groups is 2. The van der Waals surface area contributed by atoms with E-state index in [0.29, 0.717) is 31.7 Å². The Kier molecular flexibility index (Phi) is 4.90. The van der Waals surface area contributed by atoms with E-state index in [0.717, 1.165) is 5.56 Å². The highest BCUT2D eigenvalue weighted by Crippen LogP contribution is 2.14. The van der Waals surface area contributed by atoms with Gasteiger partial charge in [0.2, 0.25) is 5.91 Å². The van der Waals surface area contributed by atoms with Crippen molar-refractivity contribution >= 4 is 11.8 Å². The van der Waals surface area contributed by atoms with E-state index >= 15 is 0 Å². The lowest BCUT2D eigenvalue weighted by molar-refractivity contribution is -0.136. The summed E-state index contributed by atoms with van der Waals surface area (Å²) in [6, 6.07) is 4.20. The van der Waals surface area contributed by atoms with Gasteiger partial charge in [-0.1, -0.05) is 6.07 Å². The monoisotopic (exact) mass is 294 g/mol. The highest BCUT2D eigenvalue weighted by Gasteiger charge is 2.25. The fourth-order valence-electron chi connectivity index (χ4n) is 2.37. The maximum absolute atomic E-state index is 13.3. The summed E-state index contributed by atoms with van der Waals surface area (Å²) in [6.07, 6.45) is 0. The zero-order valence-corrected chi connectivity index (χ0v) is 12.3. The normalized spacial score (nSPS) is 15.2. The molecule has 1 fully saturated rings. The predicted molar refractivity (Wildman–Crippen MR) is 75.5 cm³/mol. The lowest BCUT2D eigenvalue weighted by atomic mass is 10.1. The van der Waals surface area contributed by atoms with Crippen LogP contribution in [0.5, 0.6) is 0 Å². The minimum absolute atomic E-state index is 0.0525. The average molecular weight is 294 g/mol. The number of carbonyl (C=O) groups excluding carboxylic acids is 2. The molecule has 1 saturated heterocycles. The Morgan fingerprint density at radius 2 is 1.81 bits per heavy atom. The third kappa shape index (κ3) is 3.58. The Morgan fingerprint density at radius 1 is 1.19 bits per heavy atom. The molecule has 0 bridgehead atoms. The number of ether oxygens (including phenoxy) is 1. The Morgan fingerprint density at radius 3 is 2.43 bits per heavy atom. The van der Waals surface area contributed by atoms with Crippen molar-refractivity contribution in [2.45, 2.75) is 6.92 Å². The van der Waals surface area contributed by atoms with Gasteiger partial charge in [-0.3, -0.25) is 9.59 Å². The summed E-state index contributed by atoms with van der Waals surface area (Å²) in [5.41, 5.74) is 1.13. The molecule has 0 aromatic heterocycles. The van der Waals surface area contributed by atoms with Crippen LogP contribution in [0, 0.1) is 12.7 Å². The number of rotatable bonds is 3. The second-order valence-corrected chi connectivity index (χ2v) is 5.07. The molecule has 0 N–H and O–H groups in total. The first-order chi connectivity index (χ1) is 10.0. The molecule has 1 aliphatic rings. The molecule has 0 atom stereocenters. The van der Waals surface area contributed by atoms with Gasteiger partial charge in [0.25, 0.3) is 5.91 Å². The molecular weight excluding hydrogens is 275 g/mol. The minimum Gasteiger partial charge on any atom is -0.375 e. The molecule has 0 unspecified atom stereocenters. The van der Waals surface area contributed by atoms with Crippen LogP contribution < -0.4 is 0 Å². The molecule has 21 heavy (non-hydrogen) atoms. The van der Waals surface area contributed by atoms with Gasteiger partial charge >= 0.3 is 0 Å². The van der Waals surface area contributed by atoms with Crippen LogP contribution in [0.25, 0.3) is 0 Å². The van der Waals surface area contributed by atoms with Crippen LogP contribution in [-0.4, -0.2) is 61.5 Å². The van der Waals surface area contributed by atoms with E-state index in [1.165, 1.54) is 19.2 Å². The Labute approximate surface area is 123 Å². The lowest BCUT2D eigenvalue weighted by Gasteiger charge is -2.35. The number of nitrogens with zero attached hydrogens (tertiary/aromatic N) is 2. The van der Waals surface area contributed by atoms with E-state index in [9.17, 15) is 14.0 Å². The van der Waals surface area contributed by atoms with Gasteiger partial charge in [-0.2, -0.15) is 0 Å². The third-order valence-corrected chi connectivity index (χ3v) is 3.62. The number of aryl methyl sites for hydroxylation is 1. The largest absolute Gasteiger partial charge is 0.375 e. The topological polar surface area (TPSA) is 49.9 Å². The van der Waals surface area contributed by atoms with Gasteiger partial charge in [0, 0.05) is 38.9 Å². The first-order valence-corrected chi connectivity index (χ1v) is 6.85. The van der Waals surface area contributed by atoms with E-state index in [1.807, 2.05) is 0 Å². The van der Waals surface area contributed by atoms with Crippen molar-refractivity contribution in [2.75, 3.05) is 39.9 Å². The highest BCUT2D eigenvalue weighted by molar-refractivity contribution is 5.95. The van der Waals surface area contributed by atoms with Crippen molar-refractivity contribution in [3.63, 3.8) is 0 Å². The van der Waals surface area contributed by atoms with Gasteiger partial charge in [0.1, 0.15) is 12.4 Å². The molecule has 1 aromatic rings. The van der Waals surface area contributed by atoms with Gasteiger partial charge in [-0.25, -0.2) is 4.39 Å². The van der Waals surface area contributed by atoms with Crippen molar-refractivity contribution in [3.8, 4) is 0 Å². The van der Waals surface area contributed by atoms with Gasteiger partial charge in [-0.05, 0) is 24.6 Å². The van der Waals surface area contributed by atoms with Gasteiger partial charge in [0.15, 0.2) is 0 Å². The third-order valence-electron chi connectivity index (χ3n) is 3.62. The second-order valence-electron chi connectivity index (χ2n) is 5.07. The summed E-state index contributed by atoms with van der Waals surface area (Å²) >= 11 is 0. The zero-order chi connectivity index (χ0) is 15.4. The molecule has 0 spiro atoms. The number of benzene rings is 1. The highest BCUT2D eigenvalue weighted by atomic mass is 19.1. The van der Waals surface area contributed by atoms with Crippen LogP contribution >= 0.6 is 0 Å². The Hall–Kier alpha value is -1.95. The van der Waals surface area contributed by atoms with Crippen molar-refractivity contribution in [1.82, 2.24) is 9.80 Å². The summed E-state index contributed by atoms with van der Waals surface area (Å²) in [5.74, 6) is -0.685. The number of hydrogen-bond donors (Lipinski definition) is 0. The van der Waals surface area contributed by atoms with Crippen LogP contribution in [0.15, 0.2) is 18.2 Å². The molecule has 1 aromatic carbocycles. The number of hydrogen-bond acceptors (Lipinski definition) is 3. The van der Waals surface area contributed by atoms with E-state index in [1.54, 1.807) is 22.8 Å². The molecule has 6 heteroatoms. The smallest absolute Gasteiger partial charge is 0.254 e. The van der Waals surface area contributed by atoms with Gasteiger partial charge in [-0.15, -0.1) is 0 Å². The fourth-order valence-corrected chi connectivity index (χ4v) is 2.37. The average Bonchev–Trinajstić information content (AvgIpc) is 2.49. The molecule has 0 radical (unpaired) electrons. The molecule has 1 aliphatic heterocycles. The summed E-state index contributed by atoms with van der Waals surface area (Å²) < 4.78 is 18.1. The molecule has 1 heterocycles. The van der Waals surface area contributed by atoms with E-state index < -0.39 is 5.82 Å². The van der Waals surface area contributed by atoms with E-state index in [2.05, 4.69) is 0 Å². The lowest BCUT2D eigenvalue weighted by Crippen LogP contribution is -2.51. The predicted octanol–water partition coefficient (Wildman–Crippen LogP) is 1.06. The summed E-state index contributed by atoms with van der Waals surface area (Å²) in [5, 5.41) is 0. The zero-order valence-electron chi connectivity index (χ0n) is 12.3. The molecule has 2 amide bonds. The first-order valence-electron chi connectivity index (χ1n) is 6.85. The van der Waals surface area contributed by atoms with E-state index in [-0.39, 0.29) is 18.4 Å². The quantitative estimate of drug-likeness (QED) is 0.838. The summed E-state index contributed by atoms with van der Waals surface area (Å²) in [4.78, 5) is 27.4. The molecule has 0 aliphatic carbocycles. The summed E-state index contributed by atoms with van der Waals surface area (Å²) in [7, 11) is 1.48. The molecule has 0 saturated carbocycles. The first kappa shape index (κ1) is 15.4. The van der Waals surface area contributed by atoms with Crippen molar-refractivity contribution in [3.05, 3.63) is 35.1 Å². The number of amides is 2. The SMILES string of the molecule is COCC(=O)N1CCN(C(=O)c2cc(F)ccc2C)CC1.